The topological polar surface area (TPSA) is 29.5 Å². The van der Waals surface area contributed by atoms with Crippen LogP contribution in [-0.4, -0.2) is 12.2 Å². The van der Waals surface area contributed by atoms with Crippen LogP contribution in [0.1, 0.15) is 62.3 Å². The first kappa shape index (κ1) is 16.0. The van der Waals surface area contributed by atoms with E-state index in [1.165, 1.54) is 12.8 Å². The van der Waals surface area contributed by atoms with Gasteiger partial charge in [-0.05, 0) is 55.0 Å². The highest BCUT2D eigenvalue weighted by Crippen LogP contribution is 2.33. The minimum atomic E-state index is -0.361. The van der Waals surface area contributed by atoms with Crippen molar-refractivity contribution in [2.24, 2.45) is 5.92 Å². The Morgan fingerprint density at radius 3 is 2.16 bits per heavy atom. The Morgan fingerprint density at radius 2 is 1.74 bits per heavy atom. The normalized spacial score (nSPS) is 14.2. The summed E-state index contributed by atoms with van der Waals surface area (Å²) in [5, 5.41) is 10.6. The van der Waals surface area contributed by atoms with Gasteiger partial charge < -0.3 is 9.84 Å². The van der Waals surface area contributed by atoms with E-state index in [1.807, 2.05) is 13.8 Å². The fraction of sp³-hybridized carbons (Fsp3) is 0.647. The van der Waals surface area contributed by atoms with E-state index in [0.29, 0.717) is 5.92 Å². The molecule has 0 heterocycles. The predicted octanol–water partition coefficient (Wildman–Crippen LogP) is 4.56. The molecule has 0 aliphatic heterocycles. The second kappa shape index (κ2) is 7.54. The van der Waals surface area contributed by atoms with Gasteiger partial charge in [0.05, 0.1) is 13.2 Å². The molecule has 0 aliphatic carbocycles. The first-order valence-corrected chi connectivity index (χ1v) is 7.38. The zero-order valence-corrected chi connectivity index (χ0v) is 13.0. The molecule has 2 atom stereocenters. The highest BCUT2D eigenvalue weighted by Gasteiger charge is 2.20. The van der Waals surface area contributed by atoms with Crippen molar-refractivity contribution in [1.82, 2.24) is 0 Å². The molecule has 1 rings (SSSR count). The van der Waals surface area contributed by atoms with Crippen LogP contribution in [-0.2, 0) is 0 Å². The predicted molar refractivity (Wildman–Crippen MR) is 80.7 cm³/mol. The van der Waals surface area contributed by atoms with E-state index in [1.54, 1.807) is 7.11 Å². The quantitative estimate of drug-likeness (QED) is 0.782. The van der Waals surface area contributed by atoms with Crippen molar-refractivity contribution >= 4 is 0 Å². The van der Waals surface area contributed by atoms with E-state index >= 15 is 0 Å². The summed E-state index contributed by atoms with van der Waals surface area (Å²) in [4.78, 5) is 0. The Kier molecular flexibility index (Phi) is 6.36. The minimum Gasteiger partial charge on any atom is -0.496 e. The summed E-state index contributed by atoms with van der Waals surface area (Å²) in [6.45, 7) is 8.43. The monoisotopic (exact) mass is 264 g/mol. The number of unbranched alkanes of at least 4 members (excludes halogenated alkanes) is 1. The van der Waals surface area contributed by atoms with Crippen LogP contribution in [0.2, 0.25) is 0 Å². The van der Waals surface area contributed by atoms with Crippen molar-refractivity contribution < 1.29 is 9.84 Å². The molecule has 0 saturated carbocycles. The Balaban J connectivity index is 2.95. The molecule has 0 aromatic heterocycles. The summed E-state index contributed by atoms with van der Waals surface area (Å²) in [5.74, 6) is 1.28. The molecule has 1 aromatic rings. The number of aliphatic hydroxyl groups is 1. The molecule has 108 valence electrons. The van der Waals surface area contributed by atoms with Crippen LogP contribution >= 0.6 is 0 Å². The van der Waals surface area contributed by atoms with Crippen molar-refractivity contribution in [2.45, 2.75) is 59.5 Å². The molecule has 0 spiro atoms. The second-order valence-electron chi connectivity index (χ2n) is 5.44. The van der Waals surface area contributed by atoms with Gasteiger partial charge in [-0.25, -0.2) is 0 Å². The molecule has 2 nitrogen and oxygen atoms in total. The Hall–Kier alpha value is -1.02. The molecular formula is C17H28O2. The molecule has 0 radical (unpaired) electrons. The lowest BCUT2D eigenvalue weighted by molar-refractivity contribution is 0.0987. The maximum absolute atomic E-state index is 10.6. The lowest BCUT2D eigenvalue weighted by atomic mass is 9.88. The Morgan fingerprint density at radius 1 is 1.16 bits per heavy atom. The summed E-state index contributed by atoms with van der Waals surface area (Å²) in [6, 6.07) is 4.12. The standard InChI is InChI=1S/C17H28O2/c1-6-8-9-14(7-2)16(18)15-10-12(3)17(19-5)13(4)11-15/h10-11,14,16,18H,6-9H2,1-5H3. The van der Waals surface area contributed by atoms with E-state index in [4.69, 9.17) is 4.74 Å². The summed E-state index contributed by atoms with van der Waals surface area (Å²) in [6.07, 6.45) is 4.12. The summed E-state index contributed by atoms with van der Waals surface area (Å²) in [5.41, 5.74) is 3.22. The van der Waals surface area contributed by atoms with E-state index in [-0.39, 0.29) is 6.10 Å². The van der Waals surface area contributed by atoms with Crippen molar-refractivity contribution in [3.05, 3.63) is 28.8 Å². The van der Waals surface area contributed by atoms with Gasteiger partial charge >= 0.3 is 0 Å². The van der Waals surface area contributed by atoms with Crippen LogP contribution in [0.25, 0.3) is 0 Å². The molecule has 2 heteroatoms. The lowest BCUT2D eigenvalue weighted by Gasteiger charge is -2.23. The van der Waals surface area contributed by atoms with Gasteiger partial charge in [-0.15, -0.1) is 0 Å². The molecule has 0 amide bonds. The van der Waals surface area contributed by atoms with Gasteiger partial charge in [0.15, 0.2) is 0 Å². The zero-order valence-electron chi connectivity index (χ0n) is 13.0. The van der Waals surface area contributed by atoms with Gasteiger partial charge in [0, 0.05) is 0 Å². The third kappa shape index (κ3) is 3.97. The first-order valence-electron chi connectivity index (χ1n) is 7.38. The van der Waals surface area contributed by atoms with Gasteiger partial charge in [0.2, 0.25) is 0 Å². The largest absolute Gasteiger partial charge is 0.496 e. The minimum absolute atomic E-state index is 0.354. The van der Waals surface area contributed by atoms with Crippen molar-refractivity contribution in [2.75, 3.05) is 7.11 Å². The molecule has 0 saturated heterocycles. The maximum Gasteiger partial charge on any atom is 0.124 e. The summed E-state index contributed by atoms with van der Waals surface area (Å²) in [7, 11) is 1.70. The molecular weight excluding hydrogens is 236 g/mol. The molecule has 1 N–H and O–H groups in total. The van der Waals surface area contributed by atoms with Crippen LogP contribution < -0.4 is 4.74 Å². The number of hydrogen-bond donors (Lipinski definition) is 1. The third-order valence-corrected chi connectivity index (χ3v) is 3.93. The van der Waals surface area contributed by atoms with E-state index in [2.05, 4.69) is 26.0 Å². The molecule has 0 fully saturated rings. The average Bonchev–Trinajstić information content (AvgIpc) is 2.39. The summed E-state index contributed by atoms with van der Waals surface area (Å²) >= 11 is 0. The third-order valence-electron chi connectivity index (χ3n) is 3.93. The first-order chi connectivity index (χ1) is 9.04. The fourth-order valence-corrected chi connectivity index (χ4v) is 2.80. The maximum atomic E-state index is 10.6. The second-order valence-corrected chi connectivity index (χ2v) is 5.44. The number of aryl methyl sites for hydroxylation is 2. The lowest BCUT2D eigenvalue weighted by Crippen LogP contribution is -2.12. The van der Waals surface area contributed by atoms with Crippen LogP contribution in [0.4, 0.5) is 0 Å². The molecule has 0 bridgehead atoms. The van der Waals surface area contributed by atoms with Gasteiger partial charge in [-0.2, -0.15) is 0 Å². The van der Waals surface area contributed by atoms with Gasteiger partial charge in [0.1, 0.15) is 5.75 Å². The van der Waals surface area contributed by atoms with E-state index < -0.39 is 0 Å². The number of methoxy groups -OCH3 is 1. The van der Waals surface area contributed by atoms with Crippen molar-refractivity contribution in [3.8, 4) is 5.75 Å². The fourth-order valence-electron chi connectivity index (χ4n) is 2.80. The number of ether oxygens (including phenoxy) is 1. The summed E-state index contributed by atoms with van der Waals surface area (Å²) < 4.78 is 5.38. The van der Waals surface area contributed by atoms with Crippen LogP contribution in [0.15, 0.2) is 12.1 Å². The highest BCUT2D eigenvalue weighted by atomic mass is 16.5. The van der Waals surface area contributed by atoms with Crippen LogP contribution in [0, 0.1) is 19.8 Å². The van der Waals surface area contributed by atoms with E-state index in [9.17, 15) is 5.11 Å². The smallest absolute Gasteiger partial charge is 0.124 e. The highest BCUT2D eigenvalue weighted by molar-refractivity contribution is 5.44. The molecule has 19 heavy (non-hydrogen) atoms. The number of hydrogen-bond acceptors (Lipinski definition) is 2. The van der Waals surface area contributed by atoms with Crippen LogP contribution in [0.3, 0.4) is 0 Å². The zero-order chi connectivity index (χ0) is 14.4. The Bertz CT molecular complexity index is 375. The van der Waals surface area contributed by atoms with E-state index in [0.717, 1.165) is 35.3 Å². The number of benzene rings is 1. The van der Waals surface area contributed by atoms with Gasteiger partial charge in [-0.3, -0.25) is 0 Å². The van der Waals surface area contributed by atoms with Crippen molar-refractivity contribution in [3.63, 3.8) is 0 Å². The number of aliphatic hydroxyl groups excluding tert-OH is 1. The molecule has 2 unspecified atom stereocenters. The number of rotatable bonds is 7. The van der Waals surface area contributed by atoms with Crippen molar-refractivity contribution in [1.29, 1.82) is 0 Å². The average molecular weight is 264 g/mol. The van der Waals surface area contributed by atoms with Crippen LogP contribution in [0.5, 0.6) is 5.75 Å². The van der Waals surface area contributed by atoms with Gasteiger partial charge in [-0.1, -0.05) is 33.1 Å². The van der Waals surface area contributed by atoms with Gasteiger partial charge in [0.25, 0.3) is 0 Å². The molecule has 1 aromatic carbocycles. The SMILES string of the molecule is CCCCC(CC)C(O)c1cc(C)c(OC)c(C)c1. The molecule has 0 aliphatic rings. The Labute approximate surface area is 117 Å².